The second-order valence-corrected chi connectivity index (χ2v) is 4.44. The summed E-state index contributed by atoms with van der Waals surface area (Å²) in [6.07, 6.45) is 0.650. The summed E-state index contributed by atoms with van der Waals surface area (Å²) in [4.78, 5) is 10.5. The van der Waals surface area contributed by atoms with Crippen LogP contribution in [0.4, 0.5) is 0 Å². The number of aliphatic carboxylic acids is 1. The summed E-state index contributed by atoms with van der Waals surface area (Å²) in [5, 5.41) is 8.66. The Labute approximate surface area is 96.3 Å². The summed E-state index contributed by atoms with van der Waals surface area (Å²) in [5.41, 5.74) is 10.6. The fourth-order valence-corrected chi connectivity index (χ4v) is 2.09. The van der Waals surface area contributed by atoms with E-state index in [-0.39, 0.29) is 12.5 Å². The minimum atomic E-state index is -0.838. The van der Waals surface area contributed by atoms with Crippen LogP contribution in [0.2, 0.25) is 0 Å². The van der Waals surface area contributed by atoms with Crippen LogP contribution in [0.15, 0.2) is 12.1 Å². The van der Waals surface area contributed by atoms with Gasteiger partial charge in [0, 0.05) is 6.04 Å². The molecule has 1 atom stereocenters. The summed E-state index contributed by atoms with van der Waals surface area (Å²) in [5.74, 6) is -0.838. The Morgan fingerprint density at radius 1 is 1.31 bits per heavy atom. The van der Waals surface area contributed by atoms with Gasteiger partial charge in [-0.25, -0.2) is 0 Å². The molecule has 0 aliphatic heterocycles. The van der Waals surface area contributed by atoms with Crippen molar-refractivity contribution >= 4 is 5.97 Å². The Kier molecular flexibility index (Phi) is 4.07. The van der Waals surface area contributed by atoms with Gasteiger partial charge in [0.15, 0.2) is 0 Å². The summed E-state index contributed by atoms with van der Waals surface area (Å²) in [6.45, 7) is 6.15. The van der Waals surface area contributed by atoms with E-state index in [0.29, 0.717) is 6.42 Å². The average molecular weight is 221 g/mol. The zero-order chi connectivity index (χ0) is 12.3. The first-order valence-corrected chi connectivity index (χ1v) is 5.44. The molecule has 3 nitrogen and oxygen atoms in total. The predicted molar refractivity (Wildman–Crippen MR) is 64.6 cm³/mol. The average Bonchev–Trinajstić information content (AvgIpc) is 2.09. The molecule has 0 saturated carbocycles. The van der Waals surface area contributed by atoms with Gasteiger partial charge < -0.3 is 10.8 Å². The molecule has 0 aliphatic rings. The van der Waals surface area contributed by atoms with Crippen LogP contribution in [0.25, 0.3) is 0 Å². The molecule has 3 N–H and O–H groups in total. The molecule has 0 fully saturated rings. The van der Waals surface area contributed by atoms with Gasteiger partial charge >= 0.3 is 5.97 Å². The molecule has 16 heavy (non-hydrogen) atoms. The van der Waals surface area contributed by atoms with E-state index >= 15 is 0 Å². The first-order valence-electron chi connectivity index (χ1n) is 5.44. The van der Waals surface area contributed by atoms with Crippen molar-refractivity contribution in [1.82, 2.24) is 0 Å². The molecular formula is C13H19NO2. The maximum absolute atomic E-state index is 10.5. The summed E-state index contributed by atoms with van der Waals surface area (Å²) >= 11 is 0. The van der Waals surface area contributed by atoms with E-state index in [2.05, 4.69) is 19.1 Å². The van der Waals surface area contributed by atoms with Crippen molar-refractivity contribution < 1.29 is 9.90 Å². The van der Waals surface area contributed by atoms with Crippen LogP contribution >= 0.6 is 0 Å². The van der Waals surface area contributed by atoms with E-state index in [4.69, 9.17) is 10.8 Å². The second-order valence-electron chi connectivity index (χ2n) is 4.44. The van der Waals surface area contributed by atoms with Crippen molar-refractivity contribution in [1.29, 1.82) is 0 Å². The highest BCUT2D eigenvalue weighted by Gasteiger charge is 2.12. The van der Waals surface area contributed by atoms with Crippen molar-refractivity contribution in [3.8, 4) is 0 Å². The van der Waals surface area contributed by atoms with Crippen LogP contribution in [0, 0.1) is 20.8 Å². The molecule has 0 bridgehead atoms. The monoisotopic (exact) mass is 221 g/mol. The van der Waals surface area contributed by atoms with Crippen molar-refractivity contribution in [3.05, 3.63) is 34.4 Å². The Bertz CT molecular complexity index is 376. The Morgan fingerprint density at radius 3 is 2.25 bits per heavy atom. The maximum atomic E-state index is 10.5. The van der Waals surface area contributed by atoms with Crippen molar-refractivity contribution in [2.45, 2.75) is 39.7 Å². The Morgan fingerprint density at radius 2 is 1.81 bits per heavy atom. The number of carboxylic acids is 1. The molecule has 88 valence electrons. The van der Waals surface area contributed by atoms with Crippen LogP contribution in [-0.4, -0.2) is 17.1 Å². The molecule has 3 heteroatoms. The fraction of sp³-hybridized carbons (Fsp3) is 0.462. The van der Waals surface area contributed by atoms with Gasteiger partial charge in [0.2, 0.25) is 0 Å². The molecule has 0 heterocycles. The number of benzene rings is 1. The van der Waals surface area contributed by atoms with Crippen LogP contribution < -0.4 is 5.73 Å². The molecule has 1 aromatic rings. The number of hydrogen-bond donors (Lipinski definition) is 2. The van der Waals surface area contributed by atoms with E-state index in [0.717, 1.165) is 0 Å². The van der Waals surface area contributed by atoms with E-state index < -0.39 is 5.97 Å². The zero-order valence-electron chi connectivity index (χ0n) is 10.1. The quantitative estimate of drug-likeness (QED) is 0.817. The highest BCUT2D eigenvalue weighted by Crippen LogP contribution is 2.18. The van der Waals surface area contributed by atoms with Crippen LogP contribution in [0.3, 0.4) is 0 Å². The molecule has 1 rings (SSSR count). The third-order valence-corrected chi connectivity index (χ3v) is 2.74. The lowest BCUT2D eigenvalue weighted by Crippen LogP contribution is -2.26. The number of rotatable bonds is 4. The normalized spacial score (nSPS) is 12.5. The van der Waals surface area contributed by atoms with Crippen molar-refractivity contribution in [2.24, 2.45) is 5.73 Å². The molecule has 0 aromatic heterocycles. The molecule has 1 aromatic carbocycles. The van der Waals surface area contributed by atoms with Crippen LogP contribution in [-0.2, 0) is 11.2 Å². The molecule has 1 unspecified atom stereocenters. The summed E-state index contributed by atoms with van der Waals surface area (Å²) in [7, 11) is 0. The third-order valence-electron chi connectivity index (χ3n) is 2.74. The van der Waals surface area contributed by atoms with Gasteiger partial charge in [-0.15, -0.1) is 0 Å². The minimum Gasteiger partial charge on any atom is -0.481 e. The summed E-state index contributed by atoms with van der Waals surface area (Å²) < 4.78 is 0. The van der Waals surface area contributed by atoms with E-state index in [1.165, 1.54) is 22.3 Å². The van der Waals surface area contributed by atoms with Crippen LogP contribution in [0.1, 0.15) is 28.7 Å². The number of carbonyl (C=O) groups is 1. The van der Waals surface area contributed by atoms with Crippen molar-refractivity contribution in [2.75, 3.05) is 0 Å². The number of aryl methyl sites for hydroxylation is 3. The highest BCUT2D eigenvalue weighted by molar-refractivity contribution is 5.67. The Balaban J connectivity index is 2.85. The van der Waals surface area contributed by atoms with Gasteiger partial charge in [0.05, 0.1) is 6.42 Å². The molecular weight excluding hydrogens is 202 g/mol. The first kappa shape index (κ1) is 12.7. The first-order chi connectivity index (χ1) is 7.40. The van der Waals surface area contributed by atoms with Crippen LogP contribution in [0.5, 0.6) is 0 Å². The second kappa shape index (κ2) is 5.12. The van der Waals surface area contributed by atoms with Gasteiger partial charge in [-0.05, 0) is 43.9 Å². The van der Waals surface area contributed by atoms with Crippen molar-refractivity contribution in [3.63, 3.8) is 0 Å². The van der Waals surface area contributed by atoms with Gasteiger partial charge in [0.1, 0.15) is 0 Å². The lowest BCUT2D eigenvalue weighted by Gasteiger charge is -2.15. The SMILES string of the molecule is Cc1cc(C)c(CC(N)CC(=O)O)c(C)c1. The lowest BCUT2D eigenvalue weighted by atomic mass is 9.94. The smallest absolute Gasteiger partial charge is 0.304 e. The molecule has 0 amide bonds. The topological polar surface area (TPSA) is 63.3 Å². The fourth-order valence-electron chi connectivity index (χ4n) is 2.09. The molecule has 0 saturated heterocycles. The van der Waals surface area contributed by atoms with Gasteiger partial charge in [-0.1, -0.05) is 17.7 Å². The van der Waals surface area contributed by atoms with Gasteiger partial charge in [0.25, 0.3) is 0 Å². The standard InChI is InChI=1S/C13H19NO2/c1-8-4-9(2)12(10(3)5-8)6-11(14)7-13(15)16/h4-5,11H,6-7,14H2,1-3H3,(H,15,16). The van der Waals surface area contributed by atoms with Gasteiger partial charge in [-0.3, -0.25) is 4.79 Å². The largest absolute Gasteiger partial charge is 0.481 e. The lowest BCUT2D eigenvalue weighted by molar-refractivity contribution is -0.137. The zero-order valence-corrected chi connectivity index (χ0v) is 10.1. The molecule has 0 aliphatic carbocycles. The Hall–Kier alpha value is -1.35. The third kappa shape index (κ3) is 3.35. The number of hydrogen-bond acceptors (Lipinski definition) is 2. The van der Waals surface area contributed by atoms with E-state index in [9.17, 15) is 4.79 Å². The number of carboxylic acid groups (broad SMARTS) is 1. The highest BCUT2D eigenvalue weighted by atomic mass is 16.4. The number of nitrogens with two attached hydrogens (primary N) is 1. The maximum Gasteiger partial charge on any atom is 0.304 e. The molecule has 0 radical (unpaired) electrons. The molecule has 0 spiro atoms. The predicted octanol–water partition coefficient (Wildman–Crippen LogP) is 1.96. The minimum absolute atomic E-state index is 0.0206. The summed E-state index contributed by atoms with van der Waals surface area (Å²) in [6, 6.07) is 3.91. The van der Waals surface area contributed by atoms with Gasteiger partial charge in [-0.2, -0.15) is 0 Å². The van der Waals surface area contributed by atoms with E-state index in [1.807, 2.05) is 13.8 Å². The van der Waals surface area contributed by atoms with E-state index in [1.54, 1.807) is 0 Å².